The van der Waals surface area contributed by atoms with Crippen LogP contribution in [0.1, 0.15) is 23.6 Å². The standard InChI is InChI=1S/C20H24N2O2/c1-16-7-6-10-19(13-16)15-22(17(2)23)12-11-21-20(24)14-18-8-4-3-5-9-18/h3-10,13H,11-12,14-15H2,1-2H3,(H,21,24). The first-order chi connectivity index (χ1) is 11.5. The average Bonchev–Trinajstić information content (AvgIpc) is 2.55. The van der Waals surface area contributed by atoms with Crippen molar-refractivity contribution in [2.24, 2.45) is 0 Å². The molecule has 0 aliphatic heterocycles. The number of nitrogens with zero attached hydrogens (tertiary/aromatic N) is 1. The Labute approximate surface area is 143 Å². The van der Waals surface area contributed by atoms with Gasteiger partial charge < -0.3 is 10.2 Å². The molecule has 0 radical (unpaired) electrons. The molecule has 0 aliphatic carbocycles. The van der Waals surface area contributed by atoms with Crippen LogP contribution in [0.2, 0.25) is 0 Å². The summed E-state index contributed by atoms with van der Waals surface area (Å²) in [5.41, 5.74) is 3.26. The van der Waals surface area contributed by atoms with E-state index in [-0.39, 0.29) is 11.8 Å². The van der Waals surface area contributed by atoms with E-state index in [1.165, 1.54) is 5.56 Å². The minimum atomic E-state index is -0.0275. The summed E-state index contributed by atoms with van der Waals surface area (Å²) in [5.74, 6) is -0.0194. The highest BCUT2D eigenvalue weighted by atomic mass is 16.2. The number of carbonyl (C=O) groups excluding carboxylic acids is 2. The minimum absolute atomic E-state index is 0.00816. The highest BCUT2D eigenvalue weighted by molar-refractivity contribution is 5.78. The lowest BCUT2D eigenvalue weighted by molar-refractivity contribution is -0.130. The van der Waals surface area contributed by atoms with Crippen molar-refractivity contribution in [1.82, 2.24) is 10.2 Å². The lowest BCUT2D eigenvalue weighted by Crippen LogP contribution is -2.37. The fourth-order valence-corrected chi connectivity index (χ4v) is 2.55. The van der Waals surface area contributed by atoms with Crippen LogP contribution >= 0.6 is 0 Å². The predicted molar refractivity (Wildman–Crippen MR) is 95.4 cm³/mol. The molecule has 4 heteroatoms. The zero-order valence-corrected chi connectivity index (χ0v) is 14.3. The van der Waals surface area contributed by atoms with Crippen molar-refractivity contribution in [3.63, 3.8) is 0 Å². The molecule has 0 aromatic heterocycles. The maximum absolute atomic E-state index is 12.0. The van der Waals surface area contributed by atoms with Gasteiger partial charge in [-0.2, -0.15) is 0 Å². The number of rotatable bonds is 7. The molecule has 0 saturated carbocycles. The summed E-state index contributed by atoms with van der Waals surface area (Å²) < 4.78 is 0. The number of amides is 2. The van der Waals surface area contributed by atoms with Gasteiger partial charge in [-0.25, -0.2) is 0 Å². The molecule has 2 aromatic rings. The van der Waals surface area contributed by atoms with Crippen molar-refractivity contribution < 1.29 is 9.59 Å². The van der Waals surface area contributed by atoms with Crippen molar-refractivity contribution in [3.8, 4) is 0 Å². The van der Waals surface area contributed by atoms with Gasteiger partial charge in [0.05, 0.1) is 6.42 Å². The van der Waals surface area contributed by atoms with Crippen LogP contribution < -0.4 is 5.32 Å². The van der Waals surface area contributed by atoms with Gasteiger partial charge in [-0.15, -0.1) is 0 Å². The van der Waals surface area contributed by atoms with Gasteiger partial charge in [-0.3, -0.25) is 9.59 Å². The van der Waals surface area contributed by atoms with E-state index in [0.29, 0.717) is 26.1 Å². The van der Waals surface area contributed by atoms with E-state index in [1.807, 2.05) is 55.5 Å². The number of benzene rings is 2. The Hall–Kier alpha value is -2.62. The molecule has 1 N–H and O–H groups in total. The van der Waals surface area contributed by atoms with Gasteiger partial charge in [0.15, 0.2) is 0 Å². The summed E-state index contributed by atoms with van der Waals surface area (Å²) in [4.78, 5) is 25.5. The van der Waals surface area contributed by atoms with Crippen LogP contribution in [0.4, 0.5) is 0 Å². The molecule has 0 spiro atoms. The molecule has 24 heavy (non-hydrogen) atoms. The highest BCUT2D eigenvalue weighted by Crippen LogP contribution is 2.07. The molecule has 0 fully saturated rings. The van der Waals surface area contributed by atoms with Gasteiger partial charge in [0.2, 0.25) is 11.8 Å². The molecule has 126 valence electrons. The van der Waals surface area contributed by atoms with Crippen LogP contribution in [0, 0.1) is 6.92 Å². The van der Waals surface area contributed by atoms with Gasteiger partial charge in [0.25, 0.3) is 0 Å². The molecular weight excluding hydrogens is 300 g/mol. The molecule has 0 aliphatic rings. The minimum Gasteiger partial charge on any atom is -0.354 e. The molecule has 4 nitrogen and oxygen atoms in total. The van der Waals surface area contributed by atoms with Crippen molar-refractivity contribution in [1.29, 1.82) is 0 Å². The summed E-state index contributed by atoms with van der Waals surface area (Å²) in [5, 5.41) is 2.88. The van der Waals surface area contributed by atoms with Crippen LogP contribution in [0.3, 0.4) is 0 Å². The third-order valence-electron chi connectivity index (χ3n) is 3.81. The Morgan fingerprint density at radius 3 is 2.38 bits per heavy atom. The quantitative estimate of drug-likeness (QED) is 0.851. The van der Waals surface area contributed by atoms with E-state index in [2.05, 4.69) is 11.4 Å². The normalized spacial score (nSPS) is 10.2. The van der Waals surface area contributed by atoms with Crippen LogP contribution in [0.15, 0.2) is 54.6 Å². The van der Waals surface area contributed by atoms with E-state index < -0.39 is 0 Å². The van der Waals surface area contributed by atoms with Crippen molar-refractivity contribution in [2.45, 2.75) is 26.8 Å². The number of carbonyl (C=O) groups is 2. The van der Waals surface area contributed by atoms with Crippen molar-refractivity contribution in [2.75, 3.05) is 13.1 Å². The van der Waals surface area contributed by atoms with E-state index in [1.54, 1.807) is 11.8 Å². The van der Waals surface area contributed by atoms with Crippen LogP contribution in [-0.4, -0.2) is 29.8 Å². The van der Waals surface area contributed by atoms with Crippen LogP contribution in [0.25, 0.3) is 0 Å². The van der Waals surface area contributed by atoms with E-state index in [0.717, 1.165) is 11.1 Å². The van der Waals surface area contributed by atoms with E-state index in [4.69, 9.17) is 0 Å². The number of aryl methyl sites for hydroxylation is 1. The van der Waals surface area contributed by atoms with Gasteiger partial charge in [-0.05, 0) is 18.1 Å². The molecule has 0 atom stereocenters. The fourth-order valence-electron chi connectivity index (χ4n) is 2.55. The van der Waals surface area contributed by atoms with Gasteiger partial charge >= 0.3 is 0 Å². The average molecular weight is 324 g/mol. The number of hydrogen-bond acceptors (Lipinski definition) is 2. The topological polar surface area (TPSA) is 49.4 Å². The first-order valence-electron chi connectivity index (χ1n) is 8.16. The first-order valence-corrected chi connectivity index (χ1v) is 8.16. The Kier molecular flexibility index (Phi) is 6.55. The number of hydrogen-bond donors (Lipinski definition) is 1. The zero-order valence-electron chi connectivity index (χ0n) is 14.3. The SMILES string of the molecule is CC(=O)N(CCNC(=O)Cc1ccccc1)Cc1cccc(C)c1. The molecule has 2 rings (SSSR count). The zero-order chi connectivity index (χ0) is 17.4. The van der Waals surface area contributed by atoms with Crippen molar-refractivity contribution >= 4 is 11.8 Å². The predicted octanol–water partition coefficient (Wildman–Crippen LogP) is 2.70. The third kappa shape index (κ3) is 5.88. The Morgan fingerprint density at radius 1 is 1.00 bits per heavy atom. The summed E-state index contributed by atoms with van der Waals surface area (Å²) in [6.45, 7) is 5.11. The maximum Gasteiger partial charge on any atom is 0.224 e. The van der Waals surface area contributed by atoms with E-state index >= 15 is 0 Å². The second-order valence-corrected chi connectivity index (χ2v) is 5.94. The first kappa shape index (κ1) is 17.7. The van der Waals surface area contributed by atoms with Gasteiger partial charge in [0.1, 0.15) is 0 Å². The molecule has 0 heterocycles. The van der Waals surface area contributed by atoms with Crippen molar-refractivity contribution in [3.05, 3.63) is 71.3 Å². The Balaban J connectivity index is 1.81. The molecule has 0 unspecified atom stereocenters. The van der Waals surface area contributed by atoms with E-state index in [9.17, 15) is 9.59 Å². The Bertz CT molecular complexity index is 683. The monoisotopic (exact) mass is 324 g/mol. The molecule has 2 aromatic carbocycles. The second-order valence-electron chi connectivity index (χ2n) is 5.94. The second kappa shape index (κ2) is 8.87. The molecular formula is C20H24N2O2. The molecule has 0 saturated heterocycles. The molecule has 0 bridgehead atoms. The van der Waals surface area contributed by atoms with Gasteiger partial charge in [0, 0.05) is 26.6 Å². The lowest BCUT2D eigenvalue weighted by Gasteiger charge is -2.21. The third-order valence-corrected chi connectivity index (χ3v) is 3.81. The van der Waals surface area contributed by atoms with Crippen LogP contribution in [0.5, 0.6) is 0 Å². The number of nitrogens with one attached hydrogen (secondary N) is 1. The fraction of sp³-hybridized carbons (Fsp3) is 0.300. The van der Waals surface area contributed by atoms with Crippen LogP contribution in [-0.2, 0) is 22.6 Å². The largest absolute Gasteiger partial charge is 0.354 e. The summed E-state index contributed by atoms with van der Waals surface area (Å²) in [6, 6.07) is 17.7. The van der Waals surface area contributed by atoms with Gasteiger partial charge in [-0.1, -0.05) is 60.2 Å². The maximum atomic E-state index is 12.0. The Morgan fingerprint density at radius 2 is 1.71 bits per heavy atom. The summed E-state index contributed by atoms with van der Waals surface area (Å²) in [6.07, 6.45) is 0.360. The summed E-state index contributed by atoms with van der Waals surface area (Å²) in [7, 11) is 0. The molecule has 2 amide bonds. The smallest absolute Gasteiger partial charge is 0.224 e. The highest BCUT2D eigenvalue weighted by Gasteiger charge is 2.10. The lowest BCUT2D eigenvalue weighted by atomic mass is 10.1. The summed E-state index contributed by atoms with van der Waals surface area (Å²) >= 11 is 0.